The number of hydrogen-bond acceptors (Lipinski definition) is 6. The van der Waals surface area contributed by atoms with Crippen LogP contribution in [-0.4, -0.2) is 39.1 Å². The number of aliphatic carboxylic acids is 1. The maximum atomic E-state index is 12.7. The summed E-state index contributed by atoms with van der Waals surface area (Å²) in [5.74, 6) is 0.00312. The lowest BCUT2D eigenvalue weighted by Gasteiger charge is -2.16. The first-order valence-electron chi connectivity index (χ1n) is 13.0. The van der Waals surface area contributed by atoms with Gasteiger partial charge in [0.2, 0.25) is 0 Å². The second kappa shape index (κ2) is 11.0. The quantitative estimate of drug-likeness (QED) is 0.264. The largest absolute Gasteiger partial charge is 0.490 e. The molecule has 2 N–H and O–H groups in total. The topological polar surface area (TPSA) is 101 Å². The third-order valence-corrected chi connectivity index (χ3v) is 8.00. The third-order valence-electron chi connectivity index (χ3n) is 6.49. The number of ether oxygens (including phenoxy) is 1. The van der Waals surface area contributed by atoms with Gasteiger partial charge in [-0.1, -0.05) is 57.2 Å². The van der Waals surface area contributed by atoms with E-state index in [2.05, 4.69) is 36.1 Å². The van der Waals surface area contributed by atoms with Crippen molar-refractivity contribution in [2.75, 3.05) is 0 Å². The van der Waals surface area contributed by atoms with Crippen molar-refractivity contribution >= 4 is 23.2 Å². The molecule has 1 aliphatic rings. The summed E-state index contributed by atoms with van der Waals surface area (Å²) in [4.78, 5) is 35.3. The molecule has 7 nitrogen and oxygen atoms in total. The smallest absolute Gasteiger partial charge is 0.326 e. The van der Waals surface area contributed by atoms with Crippen LogP contribution in [-0.2, 0) is 16.6 Å². The molecule has 8 heteroatoms. The normalized spacial score (nSPS) is 14.0. The summed E-state index contributed by atoms with van der Waals surface area (Å²) >= 11 is 1.39. The van der Waals surface area contributed by atoms with Crippen LogP contribution in [0.5, 0.6) is 5.75 Å². The molecule has 0 radical (unpaired) electrons. The van der Waals surface area contributed by atoms with Gasteiger partial charge in [-0.25, -0.2) is 14.8 Å². The maximum Gasteiger partial charge on any atom is 0.326 e. The second-order valence-electron chi connectivity index (χ2n) is 10.8. The van der Waals surface area contributed by atoms with E-state index in [0.29, 0.717) is 16.8 Å². The van der Waals surface area contributed by atoms with Gasteiger partial charge in [0.15, 0.2) is 5.82 Å². The number of rotatable bonds is 9. The van der Waals surface area contributed by atoms with E-state index in [1.54, 1.807) is 18.5 Å². The van der Waals surface area contributed by atoms with Crippen molar-refractivity contribution in [3.63, 3.8) is 0 Å². The fourth-order valence-electron chi connectivity index (χ4n) is 4.05. The van der Waals surface area contributed by atoms with E-state index < -0.39 is 12.0 Å². The summed E-state index contributed by atoms with van der Waals surface area (Å²) in [6, 6.07) is 18.0. The van der Waals surface area contributed by atoms with Gasteiger partial charge >= 0.3 is 5.97 Å². The molecule has 0 saturated heterocycles. The van der Waals surface area contributed by atoms with Crippen molar-refractivity contribution in [2.45, 2.75) is 57.6 Å². The Labute approximate surface area is 231 Å². The number of nitrogens with one attached hydrogen (secondary N) is 1. The van der Waals surface area contributed by atoms with Crippen LogP contribution in [0.4, 0.5) is 0 Å². The average molecular weight is 542 g/mol. The summed E-state index contributed by atoms with van der Waals surface area (Å²) in [5, 5.41) is 12.4. The lowest BCUT2D eigenvalue weighted by atomic mass is 9.95. The van der Waals surface area contributed by atoms with Gasteiger partial charge in [-0.3, -0.25) is 4.79 Å². The van der Waals surface area contributed by atoms with E-state index in [-0.39, 0.29) is 17.7 Å². The molecule has 1 amide bonds. The molecule has 2 aromatic heterocycles. The Morgan fingerprint density at radius 1 is 0.949 bits per heavy atom. The van der Waals surface area contributed by atoms with Gasteiger partial charge < -0.3 is 15.2 Å². The molecule has 2 heterocycles. The molecule has 200 valence electrons. The molecule has 39 heavy (non-hydrogen) atoms. The maximum absolute atomic E-state index is 12.7. The van der Waals surface area contributed by atoms with Crippen LogP contribution in [0, 0.1) is 0 Å². The highest BCUT2D eigenvalue weighted by Crippen LogP contribution is 2.30. The minimum atomic E-state index is -1.08. The summed E-state index contributed by atoms with van der Waals surface area (Å²) in [6.07, 6.45) is 6.37. The fourth-order valence-corrected chi connectivity index (χ4v) is 5.02. The number of aromatic nitrogens is 2. The van der Waals surface area contributed by atoms with Crippen molar-refractivity contribution in [3.05, 3.63) is 88.4 Å². The van der Waals surface area contributed by atoms with Crippen LogP contribution in [0.15, 0.2) is 73.1 Å². The predicted octanol–water partition coefficient (Wildman–Crippen LogP) is 6.14. The first-order chi connectivity index (χ1) is 18.7. The van der Waals surface area contributed by atoms with E-state index in [9.17, 15) is 14.7 Å². The highest BCUT2D eigenvalue weighted by atomic mass is 32.1. The average Bonchev–Trinajstić information content (AvgIpc) is 3.58. The van der Waals surface area contributed by atoms with Crippen LogP contribution in [0.1, 0.15) is 53.7 Å². The van der Waals surface area contributed by atoms with E-state index in [1.807, 2.05) is 54.6 Å². The standard InChI is InChI=1S/C31H31N3O4S/c1-31(2,3)27-15-14-26(39-27)29(35)34-25(30(36)37)16-19-4-6-21(7-5-19)28-32-17-22(18-33-28)20-8-10-23(11-9-20)38-24-12-13-24/h4-11,14-15,17-18,24-25H,12-13,16H2,1-3H3,(H,34,35)(H,36,37)/t25-/m0/s1. The van der Waals surface area contributed by atoms with Crippen LogP contribution < -0.4 is 10.1 Å². The molecule has 4 aromatic rings. The number of nitrogens with zero attached hydrogens (tertiary/aromatic N) is 2. The highest BCUT2D eigenvalue weighted by molar-refractivity contribution is 7.14. The minimum Gasteiger partial charge on any atom is -0.490 e. The molecule has 1 aliphatic carbocycles. The molecule has 0 spiro atoms. The van der Waals surface area contributed by atoms with Crippen LogP contribution in [0.25, 0.3) is 22.5 Å². The SMILES string of the molecule is CC(C)(C)c1ccc(C(=O)N[C@@H](Cc2ccc(-c3ncc(-c4ccc(OC5CC5)cc4)cn3)cc2)C(=O)O)s1. The Balaban J connectivity index is 1.21. The van der Waals surface area contributed by atoms with Gasteiger partial charge in [-0.2, -0.15) is 0 Å². The van der Waals surface area contributed by atoms with Gasteiger partial charge in [0, 0.05) is 34.8 Å². The van der Waals surface area contributed by atoms with Crippen molar-refractivity contribution in [1.82, 2.24) is 15.3 Å². The van der Waals surface area contributed by atoms with Crippen molar-refractivity contribution < 1.29 is 19.4 Å². The van der Waals surface area contributed by atoms with Gasteiger partial charge in [0.05, 0.1) is 11.0 Å². The zero-order chi connectivity index (χ0) is 27.6. The number of thiophene rings is 1. The van der Waals surface area contributed by atoms with Crippen molar-refractivity contribution in [1.29, 1.82) is 0 Å². The highest BCUT2D eigenvalue weighted by Gasteiger charge is 2.24. The van der Waals surface area contributed by atoms with Crippen molar-refractivity contribution in [3.8, 4) is 28.3 Å². The van der Waals surface area contributed by atoms with Crippen molar-refractivity contribution in [2.24, 2.45) is 0 Å². The molecule has 1 atom stereocenters. The van der Waals surface area contributed by atoms with Gasteiger partial charge in [0.25, 0.3) is 5.91 Å². The molecule has 0 bridgehead atoms. The predicted molar refractivity (Wildman–Crippen MR) is 152 cm³/mol. The summed E-state index contributed by atoms with van der Waals surface area (Å²) < 4.78 is 5.81. The first kappa shape index (κ1) is 26.6. The second-order valence-corrected chi connectivity index (χ2v) is 11.9. The van der Waals surface area contributed by atoms with Crippen LogP contribution in [0.2, 0.25) is 0 Å². The molecule has 2 aromatic carbocycles. The number of carbonyl (C=O) groups excluding carboxylic acids is 1. The van der Waals surface area contributed by atoms with E-state index in [1.165, 1.54) is 11.3 Å². The van der Waals surface area contributed by atoms with Gasteiger partial charge in [0.1, 0.15) is 11.8 Å². The van der Waals surface area contributed by atoms with Gasteiger partial charge in [-0.05, 0) is 53.6 Å². The molecule has 0 aliphatic heterocycles. The summed E-state index contributed by atoms with van der Waals surface area (Å²) in [6.45, 7) is 6.23. The molecular formula is C31H31N3O4S. The summed E-state index contributed by atoms with van der Waals surface area (Å²) in [5.41, 5.74) is 3.46. The third kappa shape index (κ3) is 6.70. The lowest BCUT2D eigenvalue weighted by Crippen LogP contribution is -2.42. The first-order valence-corrected chi connectivity index (χ1v) is 13.8. The zero-order valence-corrected chi connectivity index (χ0v) is 23.0. The molecule has 0 unspecified atom stereocenters. The van der Waals surface area contributed by atoms with Crippen LogP contribution >= 0.6 is 11.3 Å². The Morgan fingerprint density at radius 2 is 1.59 bits per heavy atom. The fraction of sp³-hybridized carbons (Fsp3) is 0.290. The van der Waals surface area contributed by atoms with E-state index in [0.717, 1.165) is 45.7 Å². The Bertz CT molecular complexity index is 1450. The Morgan fingerprint density at radius 3 is 2.15 bits per heavy atom. The number of amides is 1. The van der Waals surface area contributed by atoms with E-state index >= 15 is 0 Å². The molecule has 1 saturated carbocycles. The monoisotopic (exact) mass is 541 g/mol. The number of benzene rings is 2. The Kier molecular flexibility index (Phi) is 7.48. The van der Waals surface area contributed by atoms with Gasteiger partial charge in [-0.15, -0.1) is 11.3 Å². The number of carboxylic acids is 1. The number of carboxylic acid groups (broad SMARTS) is 1. The minimum absolute atomic E-state index is 0.0721. The zero-order valence-electron chi connectivity index (χ0n) is 22.2. The molecule has 1 fully saturated rings. The van der Waals surface area contributed by atoms with E-state index in [4.69, 9.17) is 4.74 Å². The summed E-state index contributed by atoms with van der Waals surface area (Å²) in [7, 11) is 0. The Hall–Kier alpha value is -4.04. The molecule has 5 rings (SSSR count). The lowest BCUT2D eigenvalue weighted by molar-refractivity contribution is -0.139. The number of carbonyl (C=O) groups is 2. The molecular weight excluding hydrogens is 510 g/mol. The number of hydrogen-bond donors (Lipinski definition) is 2. The van der Waals surface area contributed by atoms with Crippen LogP contribution in [0.3, 0.4) is 0 Å².